The zero-order valence-electron chi connectivity index (χ0n) is 16.6. The molecular formula is C24H18O8. The largest absolute Gasteiger partial charge is 0.478 e. The van der Waals surface area contributed by atoms with Crippen LogP contribution in [0.2, 0.25) is 0 Å². The van der Waals surface area contributed by atoms with E-state index in [4.69, 9.17) is 0 Å². The van der Waals surface area contributed by atoms with Crippen LogP contribution in [0.4, 0.5) is 0 Å². The van der Waals surface area contributed by atoms with Crippen LogP contribution >= 0.6 is 0 Å². The highest BCUT2D eigenvalue weighted by atomic mass is 16.4. The molecular weight excluding hydrogens is 416 g/mol. The summed E-state index contributed by atoms with van der Waals surface area (Å²) in [5, 5.41) is 37.6. The number of hydrogen-bond donors (Lipinski definition) is 4. The van der Waals surface area contributed by atoms with E-state index < -0.39 is 23.9 Å². The number of rotatable bonds is 8. The molecule has 4 N–H and O–H groups in total. The third-order valence-corrected chi connectivity index (χ3v) is 4.97. The maximum atomic E-state index is 11.7. The van der Waals surface area contributed by atoms with Crippen LogP contribution < -0.4 is 0 Å². The van der Waals surface area contributed by atoms with Gasteiger partial charge >= 0.3 is 23.9 Å². The van der Waals surface area contributed by atoms with Gasteiger partial charge in [-0.2, -0.15) is 0 Å². The maximum absolute atomic E-state index is 11.7. The van der Waals surface area contributed by atoms with Crippen LogP contribution in [0.15, 0.2) is 60.7 Å². The van der Waals surface area contributed by atoms with Gasteiger partial charge in [0, 0.05) is 0 Å². The maximum Gasteiger partial charge on any atom is 0.336 e. The molecule has 0 unspecified atom stereocenters. The van der Waals surface area contributed by atoms with E-state index in [2.05, 4.69) is 0 Å². The molecule has 0 radical (unpaired) electrons. The number of benzene rings is 3. The zero-order valence-corrected chi connectivity index (χ0v) is 16.6. The molecule has 0 saturated heterocycles. The van der Waals surface area contributed by atoms with Gasteiger partial charge in [0.25, 0.3) is 0 Å². The van der Waals surface area contributed by atoms with E-state index in [1.54, 1.807) is 36.4 Å². The summed E-state index contributed by atoms with van der Waals surface area (Å²) in [7, 11) is 0. The Bertz CT molecular complexity index is 1150. The molecule has 32 heavy (non-hydrogen) atoms. The summed E-state index contributed by atoms with van der Waals surface area (Å²) < 4.78 is 0. The highest BCUT2D eigenvalue weighted by Crippen LogP contribution is 2.23. The van der Waals surface area contributed by atoms with Crippen LogP contribution in [0.3, 0.4) is 0 Å². The van der Waals surface area contributed by atoms with Gasteiger partial charge in [0.2, 0.25) is 0 Å². The SMILES string of the molecule is O=C(O)c1cccc(Cc2cccc(Cc3cccc(C(=O)O)c3C(=O)O)c2)c1C(=O)O. The van der Waals surface area contributed by atoms with E-state index in [1.165, 1.54) is 24.3 Å². The highest BCUT2D eigenvalue weighted by Gasteiger charge is 2.21. The Morgan fingerprint density at radius 2 is 0.906 bits per heavy atom. The quantitative estimate of drug-likeness (QED) is 0.420. The minimum Gasteiger partial charge on any atom is -0.478 e. The number of hydrogen-bond acceptors (Lipinski definition) is 4. The van der Waals surface area contributed by atoms with E-state index in [9.17, 15) is 39.6 Å². The van der Waals surface area contributed by atoms with Crippen LogP contribution in [-0.4, -0.2) is 44.3 Å². The molecule has 0 aliphatic carbocycles. The van der Waals surface area contributed by atoms with Crippen molar-refractivity contribution in [2.45, 2.75) is 12.8 Å². The van der Waals surface area contributed by atoms with Gasteiger partial charge in [0.1, 0.15) is 0 Å². The summed E-state index contributed by atoms with van der Waals surface area (Å²) in [4.78, 5) is 46.1. The molecule has 0 fully saturated rings. The predicted octanol–water partition coefficient (Wildman–Crippen LogP) is 3.66. The van der Waals surface area contributed by atoms with Crippen molar-refractivity contribution < 1.29 is 39.6 Å². The summed E-state index contributed by atoms with van der Waals surface area (Å²) in [5.41, 5.74) is 0.867. The summed E-state index contributed by atoms with van der Waals surface area (Å²) in [6, 6.07) is 15.5. The number of aromatic carboxylic acids is 4. The molecule has 3 aromatic carbocycles. The van der Waals surface area contributed by atoms with Gasteiger partial charge in [-0.15, -0.1) is 0 Å². The molecule has 0 spiro atoms. The fourth-order valence-corrected chi connectivity index (χ4v) is 3.65. The van der Waals surface area contributed by atoms with E-state index in [0.717, 1.165) is 0 Å². The number of carbonyl (C=O) groups is 4. The smallest absolute Gasteiger partial charge is 0.336 e. The molecule has 0 aromatic heterocycles. The topological polar surface area (TPSA) is 149 Å². The minimum atomic E-state index is -1.34. The van der Waals surface area contributed by atoms with Gasteiger partial charge in [0.05, 0.1) is 22.3 Å². The van der Waals surface area contributed by atoms with Crippen molar-refractivity contribution in [3.8, 4) is 0 Å². The second-order valence-corrected chi connectivity index (χ2v) is 7.07. The number of carboxylic acid groups (broad SMARTS) is 4. The standard InChI is InChI=1S/C24H18O8/c25-21(26)17-8-2-6-15(19(17)23(29)30)11-13-4-1-5-14(10-13)12-16-7-3-9-18(22(27)28)20(16)24(31)32/h1-10H,11-12H2,(H,25,26)(H,27,28)(H,29,30)(H,31,32). The van der Waals surface area contributed by atoms with Gasteiger partial charge in [-0.3, -0.25) is 0 Å². The van der Waals surface area contributed by atoms with Crippen molar-refractivity contribution in [1.29, 1.82) is 0 Å². The molecule has 3 rings (SSSR count). The van der Waals surface area contributed by atoms with Crippen molar-refractivity contribution in [2.24, 2.45) is 0 Å². The minimum absolute atomic E-state index is 0.150. The average molecular weight is 434 g/mol. The Morgan fingerprint density at radius 1 is 0.531 bits per heavy atom. The van der Waals surface area contributed by atoms with E-state index in [0.29, 0.717) is 22.3 Å². The lowest BCUT2D eigenvalue weighted by atomic mass is 9.92. The molecule has 0 saturated carbocycles. The Kier molecular flexibility index (Phi) is 6.34. The van der Waals surface area contributed by atoms with Gasteiger partial charge < -0.3 is 20.4 Å². The second-order valence-electron chi connectivity index (χ2n) is 7.07. The van der Waals surface area contributed by atoms with Crippen LogP contribution in [0.1, 0.15) is 63.7 Å². The lowest BCUT2D eigenvalue weighted by Crippen LogP contribution is -2.12. The molecule has 0 bridgehead atoms. The highest BCUT2D eigenvalue weighted by molar-refractivity contribution is 6.03. The Morgan fingerprint density at radius 3 is 1.25 bits per heavy atom. The third kappa shape index (κ3) is 4.65. The first kappa shape index (κ1) is 22.2. The zero-order chi connectivity index (χ0) is 23.4. The Labute approximate surface area is 182 Å². The van der Waals surface area contributed by atoms with Crippen LogP contribution in [-0.2, 0) is 12.8 Å². The van der Waals surface area contributed by atoms with Crippen LogP contribution in [0.5, 0.6) is 0 Å². The molecule has 0 aliphatic heterocycles. The van der Waals surface area contributed by atoms with Gasteiger partial charge in [0.15, 0.2) is 0 Å². The van der Waals surface area contributed by atoms with Gasteiger partial charge in [-0.25, -0.2) is 19.2 Å². The second kappa shape index (κ2) is 9.13. The van der Waals surface area contributed by atoms with Gasteiger partial charge in [-0.05, 0) is 47.2 Å². The number of carboxylic acids is 4. The average Bonchev–Trinajstić information content (AvgIpc) is 2.73. The lowest BCUT2D eigenvalue weighted by molar-refractivity contribution is 0.0650. The van der Waals surface area contributed by atoms with E-state index >= 15 is 0 Å². The van der Waals surface area contributed by atoms with Gasteiger partial charge in [-0.1, -0.05) is 48.5 Å². The van der Waals surface area contributed by atoms with E-state index in [1.807, 2.05) is 0 Å². The first-order valence-electron chi connectivity index (χ1n) is 9.43. The molecule has 8 nitrogen and oxygen atoms in total. The first-order chi connectivity index (χ1) is 15.2. The summed E-state index contributed by atoms with van der Waals surface area (Å²) in [5.74, 6) is -5.36. The van der Waals surface area contributed by atoms with Crippen molar-refractivity contribution in [3.63, 3.8) is 0 Å². The molecule has 0 amide bonds. The summed E-state index contributed by atoms with van der Waals surface area (Å²) in [6.45, 7) is 0. The summed E-state index contributed by atoms with van der Waals surface area (Å²) >= 11 is 0. The van der Waals surface area contributed by atoms with Crippen molar-refractivity contribution in [3.05, 3.63) is 105 Å². The normalized spacial score (nSPS) is 10.5. The molecule has 8 heteroatoms. The lowest BCUT2D eigenvalue weighted by Gasteiger charge is -2.12. The fourth-order valence-electron chi connectivity index (χ4n) is 3.65. The summed E-state index contributed by atoms with van der Waals surface area (Å²) in [6.07, 6.45) is 0.301. The molecule has 3 aromatic rings. The molecule has 0 atom stereocenters. The first-order valence-corrected chi connectivity index (χ1v) is 9.43. The molecule has 162 valence electrons. The van der Waals surface area contributed by atoms with Crippen molar-refractivity contribution in [1.82, 2.24) is 0 Å². The Balaban J connectivity index is 1.97. The van der Waals surface area contributed by atoms with Crippen molar-refractivity contribution in [2.75, 3.05) is 0 Å². The van der Waals surface area contributed by atoms with Crippen molar-refractivity contribution >= 4 is 23.9 Å². The fraction of sp³-hybridized carbons (Fsp3) is 0.0833. The Hall–Kier alpha value is -4.46. The third-order valence-electron chi connectivity index (χ3n) is 4.97. The molecule has 0 aliphatic rings. The van der Waals surface area contributed by atoms with Crippen LogP contribution in [0.25, 0.3) is 0 Å². The van der Waals surface area contributed by atoms with Crippen LogP contribution in [0, 0.1) is 0 Å². The van der Waals surface area contributed by atoms with E-state index in [-0.39, 0.29) is 35.1 Å². The predicted molar refractivity (Wildman–Crippen MR) is 113 cm³/mol. The monoisotopic (exact) mass is 434 g/mol. The molecule has 0 heterocycles.